The van der Waals surface area contributed by atoms with Crippen LogP contribution in [0.1, 0.15) is 27.2 Å². The number of rotatable bonds is 7. The Morgan fingerprint density at radius 3 is 2.58 bits per heavy atom. The summed E-state index contributed by atoms with van der Waals surface area (Å²) < 4.78 is 12.5. The van der Waals surface area contributed by atoms with E-state index in [1.54, 1.807) is 38.7 Å². The molecule has 3 rings (SSSR count). The maximum Gasteiger partial charge on any atom is 0.169 e. The molecular formula is C21H22N2O3. The zero-order chi connectivity index (χ0) is 18.5. The van der Waals surface area contributed by atoms with Gasteiger partial charge in [-0.1, -0.05) is 24.3 Å². The molecule has 5 nitrogen and oxygen atoms in total. The molecule has 0 radical (unpaired) electrons. The average molecular weight is 350 g/mol. The first-order valence-electron chi connectivity index (χ1n) is 8.41. The molecule has 0 aliphatic heterocycles. The summed E-state index contributed by atoms with van der Waals surface area (Å²) in [6.07, 6.45) is 3.94. The smallest absolute Gasteiger partial charge is 0.169 e. The summed E-state index contributed by atoms with van der Waals surface area (Å²) in [4.78, 5) is 16.9. The third kappa shape index (κ3) is 3.94. The van der Waals surface area contributed by atoms with Crippen molar-refractivity contribution in [3.63, 3.8) is 0 Å². The molecule has 0 bridgehead atoms. The molecule has 0 N–H and O–H groups in total. The van der Waals surface area contributed by atoms with Crippen molar-refractivity contribution in [1.82, 2.24) is 9.55 Å². The Labute approximate surface area is 153 Å². The molecule has 134 valence electrons. The summed E-state index contributed by atoms with van der Waals surface area (Å²) in [6.45, 7) is 2.83. The molecule has 0 saturated heterocycles. The minimum absolute atomic E-state index is 0.00732. The van der Waals surface area contributed by atoms with Crippen LogP contribution in [0.15, 0.2) is 55.0 Å². The number of Topliss-reactive ketones (excluding diaryl/α,β-unsaturated/α-hetero) is 1. The van der Waals surface area contributed by atoms with Gasteiger partial charge in [0.1, 0.15) is 0 Å². The minimum atomic E-state index is -0.00732. The molecule has 0 fully saturated rings. The molecule has 26 heavy (non-hydrogen) atoms. The molecule has 0 aliphatic carbocycles. The third-order valence-electron chi connectivity index (χ3n) is 4.35. The molecule has 2 aromatic carbocycles. The molecule has 0 saturated carbocycles. The number of hydrogen-bond donors (Lipinski definition) is 0. The van der Waals surface area contributed by atoms with Gasteiger partial charge in [0.15, 0.2) is 17.3 Å². The molecule has 0 atom stereocenters. The second-order valence-corrected chi connectivity index (χ2v) is 6.13. The zero-order valence-electron chi connectivity index (χ0n) is 15.2. The number of carbonyl (C=O) groups excluding carboxylic acids is 1. The van der Waals surface area contributed by atoms with Crippen LogP contribution >= 0.6 is 0 Å². The van der Waals surface area contributed by atoms with E-state index in [0.29, 0.717) is 17.1 Å². The molecule has 0 spiro atoms. The fraction of sp³-hybridized carbons (Fsp3) is 0.238. The predicted molar refractivity (Wildman–Crippen MR) is 100 cm³/mol. The van der Waals surface area contributed by atoms with Crippen LogP contribution in [0.4, 0.5) is 0 Å². The molecule has 1 aromatic heterocycles. The van der Waals surface area contributed by atoms with E-state index in [1.165, 1.54) is 11.1 Å². The van der Waals surface area contributed by atoms with Crippen LogP contribution in [0.2, 0.25) is 0 Å². The van der Waals surface area contributed by atoms with Gasteiger partial charge in [-0.3, -0.25) is 4.79 Å². The van der Waals surface area contributed by atoms with Crippen molar-refractivity contribution in [2.75, 3.05) is 14.2 Å². The van der Waals surface area contributed by atoms with Crippen molar-refractivity contribution >= 4 is 5.78 Å². The van der Waals surface area contributed by atoms with Gasteiger partial charge in [-0.15, -0.1) is 0 Å². The number of methoxy groups -OCH3 is 2. The van der Waals surface area contributed by atoms with Crippen molar-refractivity contribution in [3.8, 4) is 11.5 Å². The van der Waals surface area contributed by atoms with Crippen LogP contribution in [0, 0.1) is 6.92 Å². The van der Waals surface area contributed by atoms with Crippen LogP contribution in [0.3, 0.4) is 0 Å². The van der Waals surface area contributed by atoms with Crippen LogP contribution in [0.5, 0.6) is 11.5 Å². The lowest BCUT2D eigenvalue weighted by Crippen LogP contribution is -2.05. The number of benzene rings is 2. The first-order valence-corrected chi connectivity index (χ1v) is 8.41. The summed E-state index contributed by atoms with van der Waals surface area (Å²) in [5, 5.41) is 0. The number of aromatic nitrogens is 2. The Balaban J connectivity index is 1.71. The van der Waals surface area contributed by atoms with E-state index in [-0.39, 0.29) is 12.2 Å². The van der Waals surface area contributed by atoms with Crippen LogP contribution in [-0.4, -0.2) is 29.6 Å². The van der Waals surface area contributed by atoms with Gasteiger partial charge in [0, 0.05) is 18.3 Å². The highest BCUT2D eigenvalue weighted by Crippen LogP contribution is 2.28. The van der Waals surface area contributed by atoms with Crippen molar-refractivity contribution in [2.24, 2.45) is 0 Å². The lowest BCUT2D eigenvalue weighted by Gasteiger charge is -2.08. The van der Waals surface area contributed by atoms with Crippen molar-refractivity contribution in [2.45, 2.75) is 19.9 Å². The minimum Gasteiger partial charge on any atom is -0.493 e. The van der Waals surface area contributed by atoms with E-state index in [9.17, 15) is 4.79 Å². The molecule has 1 heterocycles. The Hall–Kier alpha value is -3.08. The highest BCUT2D eigenvalue weighted by molar-refractivity contribution is 5.97. The maximum absolute atomic E-state index is 12.6. The van der Waals surface area contributed by atoms with E-state index in [0.717, 1.165) is 12.2 Å². The normalized spacial score (nSPS) is 10.6. The van der Waals surface area contributed by atoms with Crippen LogP contribution in [0.25, 0.3) is 0 Å². The first kappa shape index (κ1) is 17.7. The van der Waals surface area contributed by atoms with Gasteiger partial charge in [0.05, 0.1) is 32.7 Å². The summed E-state index contributed by atoms with van der Waals surface area (Å²) >= 11 is 0. The van der Waals surface area contributed by atoms with E-state index in [1.807, 2.05) is 22.9 Å². The SMILES string of the molecule is COc1ccc(C(=O)Cc2cn(Cc3ccccc3C)cn2)cc1OC. The topological polar surface area (TPSA) is 53.4 Å². The summed E-state index contributed by atoms with van der Waals surface area (Å²) in [7, 11) is 3.12. The fourth-order valence-corrected chi connectivity index (χ4v) is 2.84. The molecular weight excluding hydrogens is 328 g/mol. The lowest BCUT2D eigenvalue weighted by molar-refractivity contribution is 0.0991. The Bertz CT molecular complexity index is 915. The largest absolute Gasteiger partial charge is 0.493 e. The standard InChI is InChI=1S/C21H22N2O3/c1-15-6-4-5-7-17(15)12-23-13-18(22-14-23)11-19(24)16-8-9-20(25-2)21(10-16)26-3/h4-10,13-14H,11-12H2,1-3H3. The van der Waals surface area contributed by atoms with E-state index >= 15 is 0 Å². The maximum atomic E-state index is 12.6. The summed E-state index contributed by atoms with van der Waals surface area (Å²) in [5.74, 6) is 1.14. The number of ketones is 1. The monoisotopic (exact) mass is 350 g/mol. The number of aryl methyl sites for hydroxylation is 1. The van der Waals surface area contributed by atoms with Gasteiger partial charge < -0.3 is 14.0 Å². The summed E-state index contributed by atoms with van der Waals surface area (Å²) in [5.41, 5.74) is 3.81. The van der Waals surface area contributed by atoms with Gasteiger partial charge in [0.25, 0.3) is 0 Å². The lowest BCUT2D eigenvalue weighted by atomic mass is 10.1. The van der Waals surface area contributed by atoms with E-state index in [4.69, 9.17) is 9.47 Å². The average Bonchev–Trinajstić information content (AvgIpc) is 3.09. The van der Waals surface area contributed by atoms with E-state index < -0.39 is 0 Å². The van der Waals surface area contributed by atoms with Crippen LogP contribution in [-0.2, 0) is 13.0 Å². The summed E-state index contributed by atoms with van der Waals surface area (Å²) in [6, 6.07) is 13.4. The van der Waals surface area contributed by atoms with Crippen molar-refractivity contribution in [1.29, 1.82) is 0 Å². The van der Waals surface area contributed by atoms with Crippen molar-refractivity contribution < 1.29 is 14.3 Å². The number of carbonyl (C=O) groups is 1. The Kier molecular flexibility index (Phi) is 5.37. The predicted octanol–water partition coefficient (Wildman–Crippen LogP) is 3.68. The zero-order valence-corrected chi connectivity index (χ0v) is 15.2. The fourth-order valence-electron chi connectivity index (χ4n) is 2.84. The molecule has 3 aromatic rings. The van der Waals surface area contributed by atoms with Gasteiger partial charge in [-0.2, -0.15) is 0 Å². The van der Waals surface area contributed by atoms with E-state index in [2.05, 4.69) is 24.0 Å². The number of hydrogen-bond acceptors (Lipinski definition) is 4. The second-order valence-electron chi connectivity index (χ2n) is 6.13. The quantitative estimate of drug-likeness (QED) is 0.610. The van der Waals surface area contributed by atoms with Crippen molar-refractivity contribution in [3.05, 3.63) is 77.4 Å². The molecule has 5 heteroatoms. The highest BCUT2D eigenvalue weighted by atomic mass is 16.5. The first-order chi connectivity index (χ1) is 12.6. The second kappa shape index (κ2) is 7.87. The molecule has 0 unspecified atom stereocenters. The number of ether oxygens (including phenoxy) is 2. The highest BCUT2D eigenvalue weighted by Gasteiger charge is 2.13. The van der Waals surface area contributed by atoms with Gasteiger partial charge in [-0.05, 0) is 36.2 Å². The number of nitrogens with zero attached hydrogens (tertiary/aromatic N) is 2. The Morgan fingerprint density at radius 1 is 1.08 bits per heavy atom. The van der Waals surface area contributed by atoms with Crippen LogP contribution < -0.4 is 9.47 Å². The molecule has 0 amide bonds. The third-order valence-corrected chi connectivity index (χ3v) is 4.35. The van der Waals surface area contributed by atoms with Gasteiger partial charge in [-0.25, -0.2) is 4.98 Å². The molecule has 0 aliphatic rings. The number of imidazole rings is 1. The Morgan fingerprint density at radius 2 is 1.85 bits per heavy atom. The van der Waals surface area contributed by atoms with Gasteiger partial charge in [0.2, 0.25) is 0 Å². The van der Waals surface area contributed by atoms with Gasteiger partial charge >= 0.3 is 0 Å².